The molecule has 2 fully saturated rings. The van der Waals surface area contributed by atoms with Crippen molar-refractivity contribution < 1.29 is 40.1 Å². The molecule has 4 rings (SSSR count). The van der Waals surface area contributed by atoms with E-state index >= 15 is 0 Å². The van der Waals surface area contributed by atoms with Crippen molar-refractivity contribution in [3.8, 4) is 5.75 Å². The van der Waals surface area contributed by atoms with E-state index in [1.165, 1.54) is 6.07 Å². The Labute approximate surface area is 196 Å². The summed E-state index contributed by atoms with van der Waals surface area (Å²) in [6, 6.07) is 12.0. The first-order valence-corrected chi connectivity index (χ1v) is 11.4. The SMILES string of the molecule is OC[C@H]1O[C@](O)(c2ccc(Cl)c(Cc3ccc(O[C@@H]4CCC[C@@H]4O)cc3)c2)[C@H](O)[C@@H](O)[C@@H]1O. The van der Waals surface area contributed by atoms with Crippen LogP contribution in [0.3, 0.4) is 0 Å². The number of rotatable bonds is 6. The number of halogens is 1. The van der Waals surface area contributed by atoms with E-state index in [2.05, 4.69) is 0 Å². The van der Waals surface area contributed by atoms with Crippen LogP contribution in [-0.4, -0.2) is 73.9 Å². The normalized spacial score (nSPS) is 34.4. The Morgan fingerprint density at radius 3 is 2.36 bits per heavy atom. The van der Waals surface area contributed by atoms with Crippen LogP contribution in [0.2, 0.25) is 5.02 Å². The van der Waals surface area contributed by atoms with Gasteiger partial charge in [-0.2, -0.15) is 0 Å². The van der Waals surface area contributed by atoms with Gasteiger partial charge in [0.15, 0.2) is 0 Å². The highest BCUT2D eigenvalue weighted by molar-refractivity contribution is 6.31. The molecule has 6 N–H and O–H groups in total. The summed E-state index contributed by atoms with van der Waals surface area (Å²) in [4.78, 5) is 0. The van der Waals surface area contributed by atoms with Crippen LogP contribution in [0.4, 0.5) is 0 Å². The predicted molar refractivity (Wildman–Crippen MR) is 119 cm³/mol. The summed E-state index contributed by atoms with van der Waals surface area (Å²) in [5, 5.41) is 61.4. The highest BCUT2D eigenvalue weighted by Gasteiger charge is 2.53. The zero-order chi connectivity index (χ0) is 23.8. The molecule has 0 aromatic heterocycles. The molecular weight excluding hydrogens is 452 g/mol. The molecule has 2 aromatic rings. The third-order valence-electron chi connectivity index (χ3n) is 6.45. The van der Waals surface area contributed by atoms with E-state index in [1.54, 1.807) is 12.1 Å². The topological polar surface area (TPSA) is 140 Å². The molecule has 180 valence electrons. The summed E-state index contributed by atoms with van der Waals surface area (Å²) in [5.74, 6) is -1.68. The van der Waals surface area contributed by atoms with Crippen molar-refractivity contribution in [2.24, 2.45) is 0 Å². The molecule has 2 aromatic carbocycles. The lowest BCUT2D eigenvalue weighted by Gasteiger charge is -2.45. The van der Waals surface area contributed by atoms with Crippen LogP contribution in [0.25, 0.3) is 0 Å². The summed E-state index contributed by atoms with van der Waals surface area (Å²) in [6.07, 6.45) is -4.11. The second-order valence-corrected chi connectivity index (χ2v) is 9.15. The fourth-order valence-corrected chi connectivity index (χ4v) is 4.63. The van der Waals surface area contributed by atoms with Crippen molar-refractivity contribution >= 4 is 11.6 Å². The van der Waals surface area contributed by atoms with Gasteiger partial charge in [-0.1, -0.05) is 29.8 Å². The van der Waals surface area contributed by atoms with Crippen LogP contribution in [0.15, 0.2) is 42.5 Å². The van der Waals surface area contributed by atoms with E-state index in [0.717, 1.165) is 24.8 Å². The number of benzene rings is 2. The molecule has 0 unspecified atom stereocenters. The highest BCUT2D eigenvalue weighted by Crippen LogP contribution is 2.38. The van der Waals surface area contributed by atoms with Gasteiger partial charge in [0.05, 0.1) is 12.7 Å². The molecule has 1 saturated carbocycles. The second kappa shape index (κ2) is 9.85. The molecule has 1 aliphatic carbocycles. The summed E-state index contributed by atoms with van der Waals surface area (Å²) in [5.41, 5.74) is 1.68. The molecule has 1 saturated heterocycles. The van der Waals surface area contributed by atoms with E-state index in [-0.39, 0.29) is 11.7 Å². The third kappa shape index (κ3) is 4.89. The molecule has 7 atom stereocenters. The molecule has 8 nitrogen and oxygen atoms in total. The molecule has 1 aliphatic heterocycles. The molecule has 0 radical (unpaired) electrons. The quantitative estimate of drug-likeness (QED) is 0.357. The lowest BCUT2D eigenvalue weighted by atomic mass is 9.87. The van der Waals surface area contributed by atoms with E-state index < -0.39 is 42.9 Å². The van der Waals surface area contributed by atoms with Gasteiger partial charge in [0, 0.05) is 10.6 Å². The second-order valence-electron chi connectivity index (χ2n) is 8.74. The molecule has 9 heteroatoms. The molecule has 33 heavy (non-hydrogen) atoms. The van der Waals surface area contributed by atoms with E-state index in [1.807, 2.05) is 24.3 Å². The van der Waals surface area contributed by atoms with Crippen molar-refractivity contribution in [3.63, 3.8) is 0 Å². The lowest BCUT2D eigenvalue weighted by molar-refractivity contribution is -0.357. The van der Waals surface area contributed by atoms with Gasteiger partial charge in [-0.05, 0) is 61.1 Å². The molecule has 2 aliphatic rings. The van der Waals surface area contributed by atoms with Crippen molar-refractivity contribution in [2.45, 2.75) is 68.1 Å². The number of aliphatic hydroxyl groups is 6. The Morgan fingerprint density at radius 2 is 1.73 bits per heavy atom. The number of ether oxygens (including phenoxy) is 2. The van der Waals surface area contributed by atoms with Gasteiger partial charge in [-0.25, -0.2) is 0 Å². The minimum Gasteiger partial charge on any atom is -0.488 e. The summed E-state index contributed by atoms with van der Waals surface area (Å²) >= 11 is 6.37. The average molecular weight is 481 g/mol. The zero-order valence-electron chi connectivity index (χ0n) is 17.9. The molecule has 0 amide bonds. The largest absolute Gasteiger partial charge is 0.488 e. The first-order chi connectivity index (χ1) is 15.7. The van der Waals surface area contributed by atoms with Gasteiger partial charge in [-0.15, -0.1) is 0 Å². The Bertz CT molecular complexity index is 952. The van der Waals surface area contributed by atoms with Gasteiger partial charge < -0.3 is 40.1 Å². The van der Waals surface area contributed by atoms with Crippen molar-refractivity contribution in [1.29, 1.82) is 0 Å². The van der Waals surface area contributed by atoms with Crippen LogP contribution in [-0.2, 0) is 16.9 Å². The molecule has 1 heterocycles. The van der Waals surface area contributed by atoms with Crippen LogP contribution < -0.4 is 4.74 Å². The van der Waals surface area contributed by atoms with Crippen LogP contribution >= 0.6 is 11.6 Å². The summed E-state index contributed by atoms with van der Waals surface area (Å²) < 4.78 is 11.3. The fraction of sp³-hybridized carbons (Fsp3) is 0.500. The smallest absolute Gasteiger partial charge is 0.222 e. The van der Waals surface area contributed by atoms with Crippen molar-refractivity contribution in [1.82, 2.24) is 0 Å². The monoisotopic (exact) mass is 480 g/mol. The maximum absolute atomic E-state index is 11.0. The maximum Gasteiger partial charge on any atom is 0.222 e. The van der Waals surface area contributed by atoms with E-state index in [0.29, 0.717) is 22.8 Å². The van der Waals surface area contributed by atoms with Gasteiger partial charge >= 0.3 is 0 Å². The van der Waals surface area contributed by atoms with Crippen LogP contribution in [0.5, 0.6) is 5.75 Å². The third-order valence-corrected chi connectivity index (χ3v) is 6.82. The van der Waals surface area contributed by atoms with E-state index in [4.69, 9.17) is 21.1 Å². The first-order valence-electron chi connectivity index (χ1n) is 11.0. The predicted octanol–water partition coefficient (Wildman–Crippen LogP) is 0.842. The first kappa shape index (κ1) is 24.4. The van der Waals surface area contributed by atoms with Gasteiger partial charge in [-0.3, -0.25) is 0 Å². The standard InChI is InChI=1S/C24H29ClO8/c25-17-9-6-15(24(31)23(30)22(29)21(28)20(12-26)33-24)11-14(17)10-13-4-7-16(8-5-13)32-19-3-1-2-18(19)27/h4-9,11,18-23,26-31H,1-3,10,12H2/t18-,19+,20+,21+,22-,23+,24+/m0/s1. The Balaban J connectivity index is 1.53. The number of hydrogen-bond acceptors (Lipinski definition) is 8. The van der Waals surface area contributed by atoms with Gasteiger partial charge in [0.1, 0.15) is 36.3 Å². The van der Waals surface area contributed by atoms with Gasteiger partial charge in [0.2, 0.25) is 5.79 Å². The number of aliphatic hydroxyl groups excluding tert-OH is 5. The Kier molecular flexibility index (Phi) is 7.28. The average Bonchev–Trinajstić information content (AvgIpc) is 3.21. The van der Waals surface area contributed by atoms with Crippen molar-refractivity contribution in [3.05, 3.63) is 64.2 Å². The fourth-order valence-electron chi connectivity index (χ4n) is 4.45. The lowest BCUT2D eigenvalue weighted by Crippen LogP contribution is -2.63. The van der Waals surface area contributed by atoms with Crippen LogP contribution in [0.1, 0.15) is 36.0 Å². The summed E-state index contributed by atoms with van der Waals surface area (Å²) in [6.45, 7) is -0.653. The van der Waals surface area contributed by atoms with Crippen molar-refractivity contribution in [2.75, 3.05) is 6.61 Å². The van der Waals surface area contributed by atoms with Gasteiger partial charge in [0.25, 0.3) is 0 Å². The van der Waals surface area contributed by atoms with Crippen LogP contribution in [0, 0.1) is 0 Å². The molecule has 0 spiro atoms. The zero-order valence-corrected chi connectivity index (χ0v) is 18.7. The molecule has 0 bridgehead atoms. The number of hydrogen-bond donors (Lipinski definition) is 6. The minimum absolute atomic E-state index is 0.133. The minimum atomic E-state index is -2.34. The maximum atomic E-state index is 11.0. The molecular formula is C24H29ClO8. The summed E-state index contributed by atoms with van der Waals surface area (Å²) in [7, 11) is 0. The highest BCUT2D eigenvalue weighted by atomic mass is 35.5. The van der Waals surface area contributed by atoms with E-state index in [9.17, 15) is 30.6 Å². The Hall–Kier alpha value is -1.75. The Morgan fingerprint density at radius 1 is 1.00 bits per heavy atom.